The molecule has 2 aromatic heterocycles. The number of hydrogen-bond acceptors (Lipinski definition) is 6. The lowest BCUT2D eigenvalue weighted by Gasteiger charge is -2.28. The number of nitrogens with zero attached hydrogens (tertiary/aromatic N) is 2. The molecule has 0 unspecified atom stereocenters. The van der Waals surface area contributed by atoms with Crippen molar-refractivity contribution in [2.24, 2.45) is 5.92 Å². The molecule has 2 aromatic rings. The van der Waals surface area contributed by atoms with E-state index in [-0.39, 0.29) is 0 Å². The van der Waals surface area contributed by atoms with Gasteiger partial charge in [0.05, 0.1) is 16.3 Å². The molecule has 0 aliphatic heterocycles. The lowest BCUT2D eigenvalue weighted by molar-refractivity contribution is 0.330. The Balaban J connectivity index is 1.75. The number of anilines is 2. The largest absolute Gasteiger partial charge is 0.382 e. The van der Waals surface area contributed by atoms with Crippen LogP contribution < -0.4 is 11.1 Å². The molecule has 3 rings (SSSR count). The molecular weight excluding hydrogens is 300 g/mol. The van der Waals surface area contributed by atoms with Crippen molar-refractivity contribution in [1.29, 1.82) is 0 Å². The molecule has 0 spiro atoms. The number of rotatable bonds is 4. The average Bonchev–Trinajstić information content (AvgIpc) is 3.06. The second kappa shape index (κ2) is 6.32. The number of aryl methyl sites for hydroxylation is 1. The Hall–Kier alpha value is -1.14. The molecule has 0 radical (unpaired) electrons. The first-order valence-electron chi connectivity index (χ1n) is 7.61. The van der Waals surface area contributed by atoms with Crippen LogP contribution in [0.4, 0.5) is 10.8 Å². The maximum atomic E-state index is 6.06. The summed E-state index contributed by atoms with van der Waals surface area (Å²) in [6, 6.07) is 0.547. The molecule has 0 aromatic carbocycles. The summed E-state index contributed by atoms with van der Waals surface area (Å²) in [5, 5.41) is 7.87. The fraction of sp³-hybridized carbons (Fsp3) is 0.600. The Bertz CT molecular complexity index is 597. The van der Waals surface area contributed by atoms with E-state index in [0.717, 1.165) is 27.2 Å². The first-order valence-corrected chi connectivity index (χ1v) is 9.26. The molecule has 4 nitrogen and oxygen atoms in total. The molecule has 1 aliphatic carbocycles. The minimum atomic E-state index is 0.547. The van der Waals surface area contributed by atoms with Crippen molar-refractivity contribution in [3.63, 3.8) is 0 Å². The number of nitrogens with two attached hydrogens (primary N) is 1. The average molecular weight is 323 g/mol. The molecule has 114 valence electrons. The van der Waals surface area contributed by atoms with Crippen molar-refractivity contribution < 1.29 is 0 Å². The van der Waals surface area contributed by atoms with E-state index < -0.39 is 0 Å². The SMILES string of the molecule is CCC1CCC(Nc2snc(N)c2-c2csc(C)n2)CC1. The third-order valence-corrected chi connectivity index (χ3v) is 5.92. The van der Waals surface area contributed by atoms with Gasteiger partial charge >= 0.3 is 0 Å². The highest BCUT2D eigenvalue weighted by Crippen LogP contribution is 2.39. The lowest BCUT2D eigenvalue weighted by atomic mass is 9.84. The van der Waals surface area contributed by atoms with Crippen molar-refractivity contribution in [1.82, 2.24) is 9.36 Å². The van der Waals surface area contributed by atoms with E-state index in [1.54, 1.807) is 11.3 Å². The van der Waals surface area contributed by atoms with Gasteiger partial charge in [0, 0.05) is 11.4 Å². The topological polar surface area (TPSA) is 63.8 Å². The summed E-state index contributed by atoms with van der Waals surface area (Å²) in [5.41, 5.74) is 8.00. The minimum Gasteiger partial charge on any atom is -0.382 e. The van der Waals surface area contributed by atoms with Crippen LogP contribution in [0.2, 0.25) is 0 Å². The van der Waals surface area contributed by atoms with Crippen LogP contribution in [0.25, 0.3) is 11.3 Å². The maximum absolute atomic E-state index is 6.06. The highest BCUT2D eigenvalue weighted by atomic mass is 32.1. The zero-order chi connectivity index (χ0) is 14.8. The smallest absolute Gasteiger partial charge is 0.148 e. The summed E-state index contributed by atoms with van der Waals surface area (Å²) in [7, 11) is 0. The Morgan fingerprint density at radius 1 is 1.33 bits per heavy atom. The van der Waals surface area contributed by atoms with Gasteiger partial charge in [-0.1, -0.05) is 13.3 Å². The molecule has 1 aliphatic rings. The molecular formula is C15H22N4S2. The van der Waals surface area contributed by atoms with Gasteiger partial charge in [0.2, 0.25) is 0 Å². The standard InChI is InChI=1S/C15H22N4S2/c1-3-10-4-6-11(7-5-10)18-15-13(14(16)19-21-15)12-8-20-9(2)17-12/h8,10-11,18H,3-7H2,1-2H3,(H2,16,19). The molecule has 1 saturated carbocycles. The van der Waals surface area contributed by atoms with Crippen molar-refractivity contribution in [3.05, 3.63) is 10.4 Å². The lowest BCUT2D eigenvalue weighted by Crippen LogP contribution is -2.25. The normalized spacial score (nSPS) is 22.4. The van der Waals surface area contributed by atoms with E-state index in [1.807, 2.05) is 6.92 Å². The van der Waals surface area contributed by atoms with Gasteiger partial charge in [-0.2, -0.15) is 4.37 Å². The second-order valence-electron chi connectivity index (χ2n) is 5.79. The van der Waals surface area contributed by atoms with Gasteiger partial charge in [-0.3, -0.25) is 0 Å². The summed E-state index contributed by atoms with van der Waals surface area (Å²) in [4.78, 5) is 4.56. The van der Waals surface area contributed by atoms with Crippen LogP contribution in [0.15, 0.2) is 5.38 Å². The van der Waals surface area contributed by atoms with Crippen LogP contribution in [-0.4, -0.2) is 15.4 Å². The highest BCUT2D eigenvalue weighted by molar-refractivity contribution is 7.11. The molecule has 0 saturated heterocycles. The van der Waals surface area contributed by atoms with Crippen LogP contribution in [0.1, 0.15) is 44.0 Å². The third-order valence-electron chi connectivity index (χ3n) is 4.35. The van der Waals surface area contributed by atoms with Gasteiger partial charge in [0.15, 0.2) is 0 Å². The van der Waals surface area contributed by atoms with E-state index in [9.17, 15) is 0 Å². The van der Waals surface area contributed by atoms with Crippen molar-refractivity contribution in [2.45, 2.75) is 52.0 Å². The van der Waals surface area contributed by atoms with E-state index >= 15 is 0 Å². The summed E-state index contributed by atoms with van der Waals surface area (Å²) < 4.78 is 4.32. The first-order chi connectivity index (χ1) is 10.2. The van der Waals surface area contributed by atoms with Crippen LogP contribution >= 0.6 is 22.9 Å². The van der Waals surface area contributed by atoms with Gasteiger partial charge in [-0.05, 0) is 50.1 Å². The predicted molar refractivity (Wildman–Crippen MR) is 92.0 cm³/mol. The van der Waals surface area contributed by atoms with Crippen LogP contribution in [0.3, 0.4) is 0 Å². The van der Waals surface area contributed by atoms with Gasteiger partial charge in [-0.25, -0.2) is 4.98 Å². The Labute approximate surface area is 134 Å². The van der Waals surface area contributed by atoms with E-state index in [0.29, 0.717) is 11.9 Å². The van der Waals surface area contributed by atoms with Crippen molar-refractivity contribution in [2.75, 3.05) is 11.1 Å². The van der Waals surface area contributed by atoms with E-state index in [1.165, 1.54) is 43.6 Å². The Morgan fingerprint density at radius 3 is 2.71 bits per heavy atom. The fourth-order valence-electron chi connectivity index (χ4n) is 3.03. The minimum absolute atomic E-state index is 0.547. The molecule has 0 bridgehead atoms. The summed E-state index contributed by atoms with van der Waals surface area (Å²) in [6.45, 7) is 4.31. The first kappa shape index (κ1) is 14.8. The Kier molecular flexibility index (Phi) is 4.45. The highest BCUT2D eigenvalue weighted by Gasteiger charge is 2.23. The third kappa shape index (κ3) is 3.21. The van der Waals surface area contributed by atoms with Crippen LogP contribution in [0.5, 0.6) is 0 Å². The molecule has 6 heteroatoms. The van der Waals surface area contributed by atoms with E-state index in [4.69, 9.17) is 5.73 Å². The zero-order valence-corrected chi connectivity index (χ0v) is 14.2. The molecule has 2 heterocycles. The van der Waals surface area contributed by atoms with Gasteiger partial charge in [0.1, 0.15) is 10.8 Å². The summed E-state index contributed by atoms with van der Waals surface area (Å²) in [5.74, 6) is 1.50. The number of nitrogens with one attached hydrogen (secondary N) is 1. The summed E-state index contributed by atoms with van der Waals surface area (Å²) >= 11 is 3.11. The predicted octanol–water partition coefficient (Wildman–Crippen LogP) is 4.54. The zero-order valence-electron chi connectivity index (χ0n) is 12.6. The number of nitrogen functional groups attached to an aromatic ring is 1. The number of aromatic nitrogens is 2. The maximum Gasteiger partial charge on any atom is 0.148 e. The molecule has 1 fully saturated rings. The molecule has 21 heavy (non-hydrogen) atoms. The number of thiazole rings is 1. The van der Waals surface area contributed by atoms with E-state index in [2.05, 4.69) is 27.0 Å². The van der Waals surface area contributed by atoms with Crippen LogP contribution in [-0.2, 0) is 0 Å². The monoisotopic (exact) mass is 322 g/mol. The second-order valence-corrected chi connectivity index (χ2v) is 7.63. The molecule has 0 amide bonds. The van der Waals surface area contributed by atoms with Crippen LogP contribution in [0, 0.1) is 12.8 Å². The fourth-order valence-corrected chi connectivity index (χ4v) is 4.43. The van der Waals surface area contributed by atoms with Gasteiger partial charge in [0.25, 0.3) is 0 Å². The summed E-state index contributed by atoms with van der Waals surface area (Å²) in [6.07, 6.45) is 6.45. The quantitative estimate of drug-likeness (QED) is 0.867. The van der Waals surface area contributed by atoms with Crippen molar-refractivity contribution in [3.8, 4) is 11.3 Å². The van der Waals surface area contributed by atoms with Gasteiger partial charge < -0.3 is 11.1 Å². The van der Waals surface area contributed by atoms with Gasteiger partial charge in [-0.15, -0.1) is 11.3 Å². The molecule has 0 atom stereocenters. The molecule has 3 N–H and O–H groups in total. The number of hydrogen-bond donors (Lipinski definition) is 2. The van der Waals surface area contributed by atoms with Crippen molar-refractivity contribution >= 4 is 33.7 Å². The Morgan fingerprint density at radius 2 is 2.10 bits per heavy atom.